The Hall–Kier alpha value is -1.41. The number of aromatic nitrogens is 1. The summed E-state index contributed by atoms with van der Waals surface area (Å²) in [7, 11) is 0. The zero-order chi connectivity index (χ0) is 13.1. The van der Waals surface area contributed by atoms with Crippen molar-refractivity contribution in [2.75, 3.05) is 6.54 Å². The number of hydrogen-bond acceptors (Lipinski definition) is 2. The van der Waals surface area contributed by atoms with Gasteiger partial charge in [0.05, 0.1) is 0 Å². The number of hydrogen-bond donors (Lipinski definition) is 1. The van der Waals surface area contributed by atoms with Crippen LogP contribution in [0, 0.1) is 5.92 Å². The summed E-state index contributed by atoms with van der Waals surface area (Å²) >= 11 is 0. The van der Waals surface area contributed by atoms with Gasteiger partial charge in [0.2, 0.25) is 0 Å². The average molecular weight is 254 g/mol. The van der Waals surface area contributed by atoms with E-state index in [9.17, 15) is 0 Å². The van der Waals surface area contributed by atoms with Crippen LogP contribution in [0.25, 0.3) is 10.8 Å². The van der Waals surface area contributed by atoms with Crippen molar-refractivity contribution in [3.05, 3.63) is 42.2 Å². The number of rotatable bonds is 5. The van der Waals surface area contributed by atoms with E-state index in [2.05, 4.69) is 41.5 Å². The molecule has 100 valence electrons. The van der Waals surface area contributed by atoms with Gasteiger partial charge in [-0.3, -0.25) is 4.98 Å². The molecule has 1 atom stereocenters. The molecule has 1 aliphatic carbocycles. The van der Waals surface area contributed by atoms with Crippen LogP contribution in [0.1, 0.15) is 44.2 Å². The fourth-order valence-corrected chi connectivity index (χ4v) is 3.01. The van der Waals surface area contributed by atoms with E-state index >= 15 is 0 Å². The Morgan fingerprint density at radius 3 is 2.95 bits per heavy atom. The summed E-state index contributed by atoms with van der Waals surface area (Å²) < 4.78 is 0. The third-order valence-electron chi connectivity index (χ3n) is 4.29. The Bertz CT molecular complexity index is 540. The molecule has 2 heteroatoms. The van der Waals surface area contributed by atoms with Crippen LogP contribution in [0.3, 0.4) is 0 Å². The van der Waals surface area contributed by atoms with Crippen LogP contribution in [-0.2, 0) is 0 Å². The quantitative estimate of drug-likeness (QED) is 0.869. The van der Waals surface area contributed by atoms with E-state index in [-0.39, 0.29) is 0 Å². The second kappa shape index (κ2) is 5.70. The molecule has 0 aliphatic heterocycles. The number of nitrogens with zero attached hydrogens (tertiary/aromatic N) is 1. The summed E-state index contributed by atoms with van der Waals surface area (Å²) in [6.07, 6.45) is 9.19. The summed E-state index contributed by atoms with van der Waals surface area (Å²) in [6.45, 7) is 3.33. The molecule has 0 saturated heterocycles. The Morgan fingerprint density at radius 1 is 1.32 bits per heavy atom. The maximum atomic E-state index is 4.31. The van der Waals surface area contributed by atoms with E-state index in [1.807, 2.05) is 12.4 Å². The molecule has 1 aliphatic rings. The van der Waals surface area contributed by atoms with Crippen molar-refractivity contribution in [3.63, 3.8) is 0 Å². The second-order valence-corrected chi connectivity index (χ2v) is 5.57. The largest absolute Gasteiger partial charge is 0.310 e. The number of benzene rings is 1. The highest BCUT2D eigenvalue weighted by Crippen LogP contribution is 2.39. The van der Waals surface area contributed by atoms with E-state index in [0.29, 0.717) is 6.04 Å². The Labute approximate surface area is 115 Å². The number of fused-ring (bicyclic) bond motifs is 1. The lowest BCUT2D eigenvalue weighted by molar-refractivity contribution is 0.232. The molecule has 1 aromatic carbocycles. The summed E-state index contributed by atoms with van der Waals surface area (Å²) in [4.78, 5) is 4.31. The molecule has 1 saturated carbocycles. The van der Waals surface area contributed by atoms with E-state index in [0.717, 1.165) is 12.5 Å². The van der Waals surface area contributed by atoms with Crippen LogP contribution in [0.2, 0.25) is 0 Å². The van der Waals surface area contributed by atoms with Gasteiger partial charge < -0.3 is 5.32 Å². The number of nitrogens with one attached hydrogen (secondary N) is 1. The highest BCUT2D eigenvalue weighted by Gasteiger charge is 2.28. The molecule has 0 spiro atoms. The third-order valence-corrected chi connectivity index (χ3v) is 4.29. The van der Waals surface area contributed by atoms with Crippen LogP contribution in [0.5, 0.6) is 0 Å². The lowest BCUT2D eigenvalue weighted by atomic mass is 9.76. The van der Waals surface area contributed by atoms with Crippen molar-refractivity contribution >= 4 is 10.8 Å². The summed E-state index contributed by atoms with van der Waals surface area (Å²) in [5, 5.41) is 6.36. The monoisotopic (exact) mass is 254 g/mol. The van der Waals surface area contributed by atoms with Crippen LogP contribution < -0.4 is 5.32 Å². The molecule has 2 aromatic rings. The zero-order valence-electron chi connectivity index (χ0n) is 11.6. The first-order chi connectivity index (χ1) is 9.40. The molecule has 0 bridgehead atoms. The zero-order valence-corrected chi connectivity index (χ0v) is 11.6. The predicted octanol–water partition coefficient (Wildman–Crippen LogP) is 4.08. The molecule has 19 heavy (non-hydrogen) atoms. The van der Waals surface area contributed by atoms with E-state index < -0.39 is 0 Å². The minimum absolute atomic E-state index is 0.501. The van der Waals surface area contributed by atoms with E-state index in [4.69, 9.17) is 0 Å². The summed E-state index contributed by atoms with van der Waals surface area (Å²) in [6, 6.07) is 9.24. The van der Waals surface area contributed by atoms with Crippen molar-refractivity contribution in [1.29, 1.82) is 0 Å². The predicted molar refractivity (Wildman–Crippen MR) is 80.1 cm³/mol. The van der Waals surface area contributed by atoms with Gasteiger partial charge in [0.15, 0.2) is 0 Å². The Kier molecular flexibility index (Phi) is 3.79. The molecule has 1 unspecified atom stereocenters. The first-order valence-corrected chi connectivity index (χ1v) is 7.46. The van der Waals surface area contributed by atoms with Gasteiger partial charge >= 0.3 is 0 Å². The first-order valence-electron chi connectivity index (χ1n) is 7.46. The van der Waals surface area contributed by atoms with Gasteiger partial charge in [0.25, 0.3) is 0 Å². The van der Waals surface area contributed by atoms with Crippen LogP contribution >= 0.6 is 0 Å². The summed E-state index contributed by atoms with van der Waals surface area (Å²) in [5.74, 6) is 0.803. The first kappa shape index (κ1) is 12.6. The average Bonchev–Trinajstić information content (AvgIpc) is 2.41. The van der Waals surface area contributed by atoms with Crippen LogP contribution in [0.4, 0.5) is 0 Å². The van der Waals surface area contributed by atoms with Crippen molar-refractivity contribution in [3.8, 4) is 0 Å². The van der Waals surface area contributed by atoms with Gasteiger partial charge in [-0.05, 0) is 48.7 Å². The van der Waals surface area contributed by atoms with Gasteiger partial charge in [-0.2, -0.15) is 0 Å². The molecule has 0 amide bonds. The Balaban J connectivity index is 1.98. The minimum atomic E-state index is 0.501. The van der Waals surface area contributed by atoms with Crippen LogP contribution in [-0.4, -0.2) is 11.5 Å². The van der Waals surface area contributed by atoms with Gasteiger partial charge in [0.1, 0.15) is 0 Å². The fourth-order valence-electron chi connectivity index (χ4n) is 3.01. The van der Waals surface area contributed by atoms with Crippen molar-refractivity contribution in [2.24, 2.45) is 5.92 Å². The lowest BCUT2D eigenvalue weighted by Crippen LogP contribution is -2.32. The Morgan fingerprint density at radius 2 is 2.21 bits per heavy atom. The molecule has 3 rings (SSSR count). The molecular formula is C17H22N2. The maximum Gasteiger partial charge on any atom is 0.0355 e. The van der Waals surface area contributed by atoms with Gasteiger partial charge in [-0.1, -0.05) is 31.5 Å². The van der Waals surface area contributed by atoms with E-state index in [1.54, 1.807) is 0 Å². The highest BCUT2D eigenvalue weighted by atomic mass is 14.9. The highest BCUT2D eigenvalue weighted by molar-refractivity contribution is 5.85. The molecule has 0 radical (unpaired) electrons. The third kappa shape index (κ3) is 2.50. The van der Waals surface area contributed by atoms with Gasteiger partial charge in [-0.25, -0.2) is 0 Å². The topological polar surface area (TPSA) is 24.9 Å². The van der Waals surface area contributed by atoms with Crippen molar-refractivity contribution in [2.45, 2.75) is 38.6 Å². The number of pyridine rings is 1. The smallest absolute Gasteiger partial charge is 0.0355 e. The van der Waals surface area contributed by atoms with Gasteiger partial charge in [-0.15, -0.1) is 0 Å². The van der Waals surface area contributed by atoms with Crippen molar-refractivity contribution in [1.82, 2.24) is 10.3 Å². The normalized spacial score (nSPS) is 17.3. The van der Waals surface area contributed by atoms with Gasteiger partial charge in [0, 0.05) is 23.8 Å². The second-order valence-electron chi connectivity index (χ2n) is 5.57. The SMILES string of the molecule is CCCNC(c1cccc2ccncc12)C1CCC1. The van der Waals surface area contributed by atoms with E-state index in [1.165, 1.54) is 42.0 Å². The molecular weight excluding hydrogens is 232 g/mol. The molecule has 1 N–H and O–H groups in total. The molecule has 1 fully saturated rings. The summed E-state index contributed by atoms with van der Waals surface area (Å²) in [5.41, 5.74) is 1.43. The fraction of sp³-hybridized carbons (Fsp3) is 0.471. The molecule has 1 heterocycles. The molecule has 1 aromatic heterocycles. The van der Waals surface area contributed by atoms with Crippen molar-refractivity contribution < 1.29 is 0 Å². The lowest BCUT2D eigenvalue weighted by Gasteiger charge is -2.35. The minimum Gasteiger partial charge on any atom is -0.310 e. The molecule has 2 nitrogen and oxygen atoms in total. The standard InChI is InChI=1S/C17H22N2/c1-2-10-19-17(14-6-3-7-14)15-8-4-5-13-9-11-18-12-16(13)15/h4-5,8-9,11-12,14,17,19H,2-3,6-7,10H2,1H3. The van der Waals surface area contributed by atoms with Crippen LogP contribution in [0.15, 0.2) is 36.7 Å². The maximum absolute atomic E-state index is 4.31.